The highest BCUT2D eigenvalue weighted by Crippen LogP contribution is 2.47. The predicted octanol–water partition coefficient (Wildman–Crippen LogP) is 3.54. The fourth-order valence-electron chi connectivity index (χ4n) is 3.96. The predicted molar refractivity (Wildman–Crippen MR) is 99.5 cm³/mol. The number of benzene rings is 2. The smallest absolute Gasteiger partial charge is 0.292 e. The van der Waals surface area contributed by atoms with E-state index in [2.05, 4.69) is 0 Å². The van der Waals surface area contributed by atoms with Crippen molar-refractivity contribution in [3.05, 3.63) is 64.7 Å². The molecule has 0 radical (unpaired) electrons. The third-order valence-corrected chi connectivity index (χ3v) is 5.64. The van der Waals surface area contributed by atoms with Gasteiger partial charge in [0, 0.05) is 17.7 Å². The van der Waals surface area contributed by atoms with Crippen LogP contribution in [0.4, 0.5) is 14.5 Å². The maximum absolute atomic E-state index is 14.1. The van der Waals surface area contributed by atoms with E-state index < -0.39 is 23.2 Å². The normalized spacial score (nSPS) is 20.2. The van der Waals surface area contributed by atoms with Crippen molar-refractivity contribution in [1.82, 2.24) is 0 Å². The monoisotopic (exact) mass is 399 g/mol. The summed E-state index contributed by atoms with van der Waals surface area (Å²) in [6.45, 7) is 1.30. The molecule has 1 aliphatic carbocycles. The van der Waals surface area contributed by atoms with Gasteiger partial charge in [-0.1, -0.05) is 0 Å². The summed E-state index contributed by atoms with van der Waals surface area (Å²) in [5, 5.41) is 0. The van der Waals surface area contributed by atoms with Crippen LogP contribution in [0.2, 0.25) is 0 Å². The van der Waals surface area contributed by atoms with Crippen molar-refractivity contribution in [2.45, 2.75) is 25.0 Å². The van der Waals surface area contributed by atoms with Crippen LogP contribution in [-0.2, 0) is 20.1 Å². The Balaban J connectivity index is 1.59. The number of hydrogen-bond acceptors (Lipinski definition) is 4. The van der Waals surface area contributed by atoms with Crippen LogP contribution in [0.1, 0.15) is 40.7 Å². The Hall–Kier alpha value is -2.64. The topological polar surface area (TPSA) is 55.8 Å². The van der Waals surface area contributed by atoms with Gasteiger partial charge < -0.3 is 14.4 Å². The van der Waals surface area contributed by atoms with E-state index in [9.17, 15) is 18.4 Å². The van der Waals surface area contributed by atoms with E-state index in [1.165, 1.54) is 12.1 Å². The molecule has 5 rings (SSSR count). The second kappa shape index (κ2) is 6.71. The van der Waals surface area contributed by atoms with Crippen molar-refractivity contribution < 1.29 is 27.8 Å². The molecule has 2 aliphatic heterocycles. The van der Waals surface area contributed by atoms with Crippen LogP contribution in [0.25, 0.3) is 0 Å². The quantitative estimate of drug-likeness (QED) is 0.738. The van der Waals surface area contributed by atoms with Gasteiger partial charge in [0.25, 0.3) is 11.7 Å². The lowest BCUT2D eigenvalue weighted by atomic mass is 9.97. The minimum absolute atomic E-state index is 0.145. The van der Waals surface area contributed by atoms with E-state index in [1.807, 2.05) is 0 Å². The first-order chi connectivity index (χ1) is 14.0. The van der Waals surface area contributed by atoms with Gasteiger partial charge in [0.1, 0.15) is 11.6 Å². The van der Waals surface area contributed by atoms with Crippen LogP contribution >= 0.6 is 0 Å². The lowest BCUT2D eigenvalue weighted by Crippen LogP contribution is -2.47. The Bertz CT molecular complexity index is 1010. The Morgan fingerprint density at radius 2 is 1.86 bits per heavy atom. The van der Waals surface area contributed by atoms with Crippen molar-refractivity contribution in [3.8, 4) is 0 Å². The molecule has 0 aromatic heterocycles. The fourth-order valence-corrected chi connectivity index (χ4v) is 3.96. The number of ketones is 1. The number of fused-ring (bicyclic) bond motifs is 2. The number of hydrogen-bond donors (Lipinski definition) is 0. The second-order valence-corrected chi connectivity index (χ2v) is 7.71. The van der Waals surface area contributed by atoms with Gasteiger partial charge in [-0.05, 0) is 61.6 Å². The summed E-state index contributed by atoms with van der Waals surface area (Å²) in [4.78, 5) is 27.8. The highest BCUT2D eigenvalue weighted by molar-refractivity contribution is 6.11. The summed E-state index contributed by atoms with van der Waals surface area (Å²) in [5.74, 6) is -3.57. The van der Waals surface area contributed by atoms with Gasteiger partial charge in [-0.3, -0.25) is 9.59 Å². The van der Waals surface area contributed by atoms with Gasteiger partial charge in [0.05, 0.1) is 24.5 Å². The van der Waals surface area contributed by atoms with Gasteiger partial charge >= 0.3 is 0 Å². The number of halogens is 2. The molecule has 150 valence electrons. The SMILES string of the molecule is O=C(c1ccc2c(c1)C1(OCCCO1)C(=O)N2CC1CC1)c1cc(F)ccc1F. The molecule has 2 fully saturated rings. The first-order valence-electron chi connectivity index (χ1n) is 9.74. The Morgan fingerprint density at radius 3 is 2.59 bits per heavy atom. The minimum Gasteiger partial charge on any atom is -0.338 e. The maximum Gasteiger partial charge on any atom is 0.292 e. The van der Waals surface area contributed by atoms with Crippen molar-refractivity contribution >= 4 is 17.4 Å². The number of ether oxygens (including phenoxy) is 2. The summed E-state index contributed by atoms with van der Waals surface area (Å²) in [5.41, 5.74) is 0.876. The van der Waals surface area contributed by atoms with Crippen LogP contribution in [-0.4, -0.2) is 31.4 Å². The van der Waals surface area contributed by atoms with Crippen molar-refractivity contribution in [3.63, 3.8) is 0 Å². The minimum atomic E-state index is -1.57. The van der Waals surface area contributed by atoms with Gasteiger partial charge in [-0.25, -0.2) is 8.78 Å². The lowest BCUT2D eigenvalue weighted by Gasteiger charge is -2.32. The van der Waals surface area contributed by atoms with Crippen molar-refractivity contribution in [2.24, 2.45) is 5.92 Å². The van der Waals surface area contributed by atoms with Gasteiger partial charge in [-0.15, -0.1) is 0 Å². The van der Waals surface area contributed by atoms with E-state index in [0.29, 0.717) is 43.3 Å². The Morgan fingerprint density at radius 1 is 1.10 bits per heavy atom. The average molecular weight is 399 g/mol. The molecule has 7 heteroatoms. The van der Waals surface area contributed by atoms with Crippen LogP contribution < -0.4 is 4.90 Å². The molecule has 29 heavy (non-hydrogen) atoms. The van der Waals surface area contributed by atoms with Crippen molar-refractivity contribution in [2.75, 3.05) is 24.7 Å². The number of nitrogens with zero attached hydrogens (tertiary/aromatic N) is 1. The molecule has 0 N–H and O–H groups in total. The second-order valence-electron chi connectivity index (χ2n) is 7.71. The molecular weight excluding hydrogens is 380 g/mol. The Labute approximate surface area is 166 Å². The average Bonchev–Trinajstić information content (AvgIpc) is 3.54. The molecule has 0 bridgehead atoms. The zero-order valence-electron chi connectivity index (χ0n) is 15.6. The van der Waals surface area contributed by atoms with Crippen LogP contribution in [0, 0.1) is 17.6 Å². The molecule has 0 atom stereocenters. The molecule has 1 saturated heterocycles. The standard InChI is InChI=1S/C22H19F2NO4/c23-15-5-6-18(24)16(11-15)20(26)14-4-7-19-17(10-14)22(28-8-1-9-29-22)21(27)25(19)12-13-2-3-13/h4-7,10-11,13H,1-3,8-9,12H2. The van der Waals surface area contributed by atoms with Crippen LogP contribution in [0.3, 0.4) is 0 Å². The summed E-state index contributed by atoms with van der Waals surface area (Å²) in [7, 11) is 0. The summed E-state index contributed by atoms with van der Waals surface area (Å²) in [6, 6.07) is 7.46. The largest absolute Gasteiger partial charge is 0.338 e. The van der Waals surface area contributed by atoms with Gasteiger partial charge in [0.2, 0.25) is 0 Å². The van der Waals surface area contributed by atoms with Crippen molar-refractivity contribution in [1.29, 1.82) is 0 Å². The molecule has 2 aromatic rings. The zero-order chi connectivity index (χ0) is 20.2. The first-order valence-corrected chi connectivity index (χ1v) is 9.74. The molecule has 2 heterocycles. The summed E-state index contributed by atoms with van der Waals surface area (Å²) >= 11 is 0. The molecule has 1 saturated carbocycles. The van der Waals surface area contributed by atoms with E-state index in [4.69, 9.17) is 9.47 Å². The van der Waals surface area contributed by atoms with Crippen LogP contribution in [0.5, 0.6) is 0 Å². The molecule has 2 aromatic carbocycles. The molecule has 3 aliphatic rings. The molecule has 5 nitrogen and oxygen atoms in total. The molecule has 1 spiro atoms. The van der Waals surface area contributed by atoms with Gasteiger partial charge in [0.15, 0.2) is 5.78 Å². The third kappa shape index (κ3) is 2.96. The summed E-state index contributed by atoms with van der Waals surface area (Å²) < 4.78 is 39.3. The highest BCUT2D eigenvalue weighted by atomic mass is 19.1. The fraction of sp³-hybridized carbons (Fsp3) is 0.364. The zero-order valence-corrected chi connectivity index (χ0v) is 15.6. The van der Waals surface area contributed by atoms with E-state index in [-0.39, 0.29) is 17.0 Å². The number of carbonyl (C=O) groups excluding carboxylic acids is 2. The van der Waals surface area contributed by atoms with Crippen LogP contribution in [0.15, 0.2) is 36.4 Å². The van der Waals surface area contributed by atoms with E-state index in [1.54, 1.807) is 11.0 Å². The third-order valence-electron chi connectivity index (χ3n) is 5.64. The first kappa shape index (κ1) is 18.4. The highest BCUT2D eigenvalue weighted by Gasteiger charge is 2.55. The number of amides is 1. The van der Waals surface area contributed by atoms with E-state index in [0.717, 1.165) is 31.0 Å². The summed E-state index contributed by atoms with van der Waals surface area (Å²) in [6.07, 6.45) is 2.81. The maximum atomic E-state index is 14.1. The number of carbonyl (C=O) groups is 2. The number of anilines is 1. The molecular formula is C22H19F2NO4. The lowest BCUT2D eigenvalue weighted by molar-refractivity contribution is -0.256. The van der Waals surface area contributed by atoms with Gasteiger partial charge in [-0.2, -0.15) is 0 Å². The number of rotatable bonds is 4. The van der Waals surface area contributed by atoms with E-state index >= 15 is 0 Å². The molecule has 1 amide bonds. The molecule has 0 unspecified atom stereocenters. The Kier molecular flexibility index (Phi) is 4.26.